The summed E-state index contributed by atoms with van der Waals surface area (Å²) in [7, 11) is 0. The summed E-state index contributed by atoms with van der Waals surface area (Å²) >= 11 is 0. The molecule has 26 heavy (non-hydrogen) atoms. The van der Waals surface area contributed by atoms with E-state index in [4.69, 9.17) is 5.26 Å². The van der Waals surface area contributed by atoms with Gasteiger partial charge in [-0.25, -0.2) is 0 Å². The maximum Gasteiger partial charge on any atom is 0.418 e. The molecule has 0 aliphatic rings. The van der Waals surface area contributed by atoms with Crippen LogP contribution in [-0.2, 0) is 11.0 Å². The highest BCUT2D eigenvalue weighted by Gasteiger charge is 2.33. The normalized spacial score (nSPS) is 11.5. The molecule has 2 rings (SSSR count). The fourth-order valence-electron chi connectivity index (χ4n) is 2.11. The second-order valence-corrected chi connectivity index (χ2v) is 4.98. The van der Waals surface area contributed by atoms with Crippen molar-refractivity contribution >= 4 is 23.4 Å². The monoisotopic (exact) mass is 361 g/mol. The number of carbonyl (C=O) groups is 1. The number of hydrogen-bond acceptors (Lipinski definition) is 4. The number of nitro benzene ring substituents is 1. The lowest BCUT2D eigenvalue weighted by molar-refractivity contribution is -0.385. The molecular weight excluding hydrogens is 351 g/mol. The molecule has 2 aromatic rings. The van der Waals surface area contributed by atoms with Gasteiger partial charge in [0.25, 0.3) is 11.6 Å². The van der Waals surface area contributed by atoms with Crippen LogP contribution in [0.15, 0.2) is 54.1 Å². The number of rotatable bonds is 4. The van der Waals surface area contributed by atoms with Gasteiger partial charge >= 0.3 is 6.18 Å². The summed E-state index contributed by atoms with van der Waals surface area (Å²) in [5, 5.41) is 22.1. The number of hydrogen-bond donors (Lipinski definition) is 1. The third-order valence-electron chi connectivity index (χ3n) is 3.28. The van der Waals surface area contributed by atoms with Crippen molar-refractivity contribution in [2.24, 2.45) is 0 Å². The number of nitriles is 1. The molecule has 132 valence electrons. The average Bonchev–Trinajstić information content (AvgIpc) is 2.59. The minimum atomic E-state index is -4.70. The van der Waals surface area contributed by atoms with Crippen LogP contribution in [0.4, 0.5) is 24.5 Å². The van der Waals surface area contributed by atoms with Gasteiger partial charge in [-0.15, -0.1) is 0 Å². The summed E-state index contributed by atoms with van der Waals surface area (Å²) < 4.78 is 38.9. The van der Waals surface area contributed by atoms with Gasteiger partial charge in [0, 0.05) is 6.07 Å². The fraction of sp³-hybridized carbons (Fsp3) is 0.0588. The van der Waals surface area contributed by atoms with Crippen LogP contribution in [0.5, 0.6) is 0 Å². The molecular formula is C17H10F3N3O3. The molecule has 9 heteroatoms. The smallest absolute Gasteiger partial charge is 0.321 e. The predicted molar refractivity (Wildman–Crippen MR) is 86.8 cm³/mol. The summed E-state index contributed by atoms with van der Waals surface area (Å²) in [4.78, 5) is 22.4. The quantitative estimate of drug-likeness (QED) is 0.383. The number of para-hydroxylation sites is 2. The Hall–Kier alpha value is -3.67. The molecule has 0 atom stereocenters. The third kappa shape index (κ3) is 4.24. The largest absolute Gasteiger partial charge is 0.418 e. The minimum absolute atomic E-state index is 0.0201. The Balaban J connectivity index is 2.38. The number of halogens is 3. The van der Waals surface area contributed by atoms with Crippen LogP contribution in [-0.4, -0.2) is 10.8 Å². The first kappa shape index (κ1) is 18.7. The van der Waals surface area contributed by atoms with Crippen LogP contribution in [0.1, 0.15) is 11.1 Å². The van der Waals surface area contributed by atoms with Gasteiger partial charge in [-0.3, -0.25) is 14.9 Å². The average molecular weight is 361 g/mol. The standard InChI is InChI=1S/C17H10F3N3O3/c18-17(19,20)13-6-2-3-7-14(13)22-16(24)12(10-21)9-11-5-1-4-8-15(11)23(25)26/h1-9H,(H,22,24)/b12-9+. The molecule has 0 spiro atoms. The molecule has 0 heterocycles. The van der Waals surface area contributed by atoms with E-state index in [0.717, 1.165) is 24.3 Å². The van der Waals surface area contributed by atoms with Crippen molar-refractivity contribution in [2.45, 2.75) is 6.18 Å². The number of nitrogens with one attached hydrogen (secondary N) is 1. The maximum absolute atomic E-state index is 13.0. The molecule has 6 nitrogen and oxygen atoms in total. The lowest BCUT2D eigenvalue weighted by Crippen LogP contribution is -2.17. The Kier molecular flexibility index (Phi) is 5.37. The van der Waals surface area contributed by atoms with Gasteiger partial charge in [0.15, 0.2) is 0 Å². The molecule has 0 aliphatic carbocycles. The highest BCUT2D eigenvalue weighted by Crippen LogP contribution is 2.34. The number of amides is 1. The number of carbonyl (C=O) groups excluding carboxylic acids is 1. The van der Waals surface area contributed by atoms with E-state index in [2.05, 4.69) is 0 Å². The van der Waals surface area contributed by atoms with Crippen LogP contribution < -0.4 is 5.32 Å². The Morgan fingerprint density at radius 2 is 1.77 bits per heavy atom. The van der Waals surface area contributed by atoms with Gasteiger partial charge in [-0.2, -0.15) is 18.4 Å². The summed E-state index contributed by atoms with van der Waals surface area (Å²) in [6.07, 6.45) is -3.75. The van der Waals surface area contributed by atoms with Crippen molar-refractivity contribution in [1.29, 1.82) is 5.26 Å². The van der Waals surface area contributed by atoms with E-state index < -0.39 is 33.8 Å². The Labute approximate surface area is 145 Å². The molecule has 1 N–H and O–H groups in total. The predicted octanol–water partition coefficient (Wildman–Crippen LogP) is 4.16. The first-order chi connectivity index (χ1) is 12.2. The fourth-order valence-corrected chi connectivity index (χ4v) is 2.11. The van der Waals surface area contributed by atoms with E-state index in [1.165, 1.54) is 30.3 Å². The van der Waals surface area contributed by atoms with E-state index in [9.17, 15) is 28.1 Å². The number of nitrogens with zero attached hydrogens (tertiary/aromatic N) is 2. The number of anilines is 1. The molecule has 0 bridgehead atoms. The van der Waals surface area contributed by atoms with Gasteiger partial charge in [0.2, 0.25) is 0 Å². The number of alkyl halides is 3. The van der Waals surface area contributed by atoms with Crippen molar-refractivity contribution in [3.63, 3.8) is 0 Å². The minimum Gasteiger partial charge on any atom is -0.321 e. The van der Waals surface area contributed by atoms with E-state index in [1.54, 1.807) is 6.07 Å². The first-order valence-electron chi connectivity index (χ1n) is 7.07. The van der Waals surface area contributed by atoms with Crippen LogP contribution in [0.2, 0.25) is 0 Å². The molecule has 0 aromatic heterocycles. The van der Waals surface area contributed by atoms with Crippen molar-refractivity contribution in [3.8, 4) is 6.07 Å². The van der Waals surface area contributed by atoms with Crippen LogP contribution >= 0.6 is 0 Å². The van der Waals surface area contributed by atoms with E-state index in [0.29, 0.717) is 0 Å². The first-order valence-corrected chi connectivity index (χ1v) is 7.07. The molecule has 0 aliphatic heterocycles. The number of benzene rings is 2. The lowest BCUT2D eigenvalue weighted by atomic mass is 10.1. The summed E-state index contributed by atoms with van der Waals surface area (Å²) in [6, 6.07) is 11.2. The van der Waals surface area contributed by atoms with Crippen LogP contribution in [0, 0.1) is 21.4 Å². The van der Waals surface area contributed by atoms with Gasteiger partial charge in [-0.1, -0.05) is 24.3 Å². The zero-order chi connectivity index (χ0) is 19.3. The van der Waals surface area contributed by atoms with E-state index >= 15 is 0 Å². The molecule has 0 saturated heterocycles. The third-order valence-corrected chi connectivity index (χ3v) is 3.28. The van der Waals surface area contributed by atoms with Gasteiger partial charge < -0.3 is 5.32 Å². The zero-order valence-electron chi connectivity index (χ0n) is 12.9. The van der Waals surface area contributed by atoms with E-state index in [1.807, 2.05) is 5.32 Å². The SMILES string of the molecule is N#C/C(=C\c1ccccc1[N+](=O)[O-])C(=O)Nc1ccccc1C(F)(F)F. The lowest BCUT2D eigenvalue weighted by Gasteiger charge is -2.13. The zero-order valence-corrected chi connectivity index (χ0v) is 12.9. The molecule has 2 aromatic carbocycles. The van der Waals surface area contributed by atoms with Gasteiger partial charge in [0.1, 0.15) is 11.6 Å². The summed E-state index contributed by atoms with van der Waals surface area (Å²) in [5.74, 6) is -1.11. The van der Waals surface area contributed by atoms with Gasteiger partial charge in [-0.05, 0) is 24.3 Å². The maximum atomic E-state index is 13.0. The van der Waals surface area contributed by atoms with Gasteiger partial charge in [0.05, 0.1) is 21.7 Å². The van der Waals surface area contributed by atoms with Crippen molar-refractivity contribution in [1.82, 2.24) is 0 Å². The molecule has 0 unspecified atom stereocenters. The van der Waals surface area contributed by atoms with E-state index in [-0.39, 0.29) is 11.3 Å². The highest BCUT2D eigenvalue weighted by molar-refractivity contribution is 6.10. The molecule has 0 radical (unpaired) electrons. The topological polar surface area (TPSA) is 96.0 Å². The Bertz CT molecular complexity index is 931. The highest BCUT2D eigenvalue weighted by atomic mass is 19.4. The second-order valence-electron chi connectivity index (χ2n) is 4.98. The van der Waals surface area contributed by atoms with Crippen LogP contribution in [0.25, 0.3) is 6.08 Å². The Morgan fingerprint density at radius 3 is 2.38 bits per heavy atom. The summed E-state index contributed by atoms with van der Waals surface area (Å²) in [5.41, 5.74) is -2.53. The Morgan fingerprint density at radius 1 is 1.15 bits per heavy atom. The second kappa shape index (κ2) is 7.48. The van der Waals surface area contributed by atoms with Crippen molar-refractivity contribution < 1.29 is 22.9 Å². The number of nitro groups is 1. The molecule has 1 amide bonds. The molecule has 0 fully saturated rings. The van der Waals surface area contributed by atoms with Crippen LogP contribution in [0.3, 0.4) is 0 Å². The van der Waals surface area contributed by atoms with Crippen molar-refractivity contribution in [3.05, 3.63) is 75.3 Å². The molecule has 0 saturated carbocycles. The summed E-state index contributed by atoms with van der Waals surface area (Å²) in [6.45, 7) is 0. The van der Waals surface area contributed by atoms with Crippen molar-refractivity contribution in [2.75, 3.05) is 5.32 Å².